The summed E-state index contributed by atoms with van der Waals surface area (Å²) in [6.07, 6.45) is 0.618. The minimum atomic E-state index is -0.989. The zero-order valence-electron chi connectivity index (χ0n) is 19.0. The number of nitrogens with one attached hydrogen (secondary N) is 1. The van der Waals surface area contributed by atoms with E-state index in [9.17, 15) is 5.11 Å². The van der Waals surface area contributed by atoms with Crippen LogP contribution < -0.4 is 11.1 Å². The van der Waals surface area contributed by atoms with Gasteiger partial charge in [-0.05, 0) is 27.2 Å². The Morgan fingerprint density at radius 1 is 0.893 bits per heavy atom. The first-order valence-corrected chi connectivity index (χ1v) is 14.3. The van der Waals surface area contributed by atoms with Crippen LogP contribution in [0.3, 0.4) is 0 Å². The van der Waals surface area contributed by atoms with E-state index in [-0.39, 0.29) is 18.2 Å². The predicted octanol–water partition coefficient (Wildman–Crippen LogP) is 1.86. The largest absolute Gasteiger partial charge is 0.389 e. The maximum absolute atomic E-state index is 9.97. The van der Waals surface area contributed by atoms with Gasteiger partial charge in [0.2, 0.25) is 0 Å². The summed E-state index contributed by atoms with van der Waals surface area (Å²) in [4.78, 5) is 0. The topological polar surface area (TPSA) is 95.2 Å². The molecule has 0 aliphatic carbocycles. The van der Waals surface area contributed by atoms with Crippen LogP contribution in [0.2, 0.25) is 25.7 Å². The van der Waals surface area contributed by atoms with Gasteiger partial charge in [-0.2, -0.15) is 0 Å². The first-order valence-electron chi connectivity index (χ1n) is 10.6. The molecule has 0 aromatic heterocycles. The highest BCUT2D eigenvalue weighted by Crippen LogP contribution is 2.10. The average Bonchev–Trinajstić information content (AvgIpc) is 2.58. The molecule has 0 saturated heterocycles. The van der Waals surface area contributed by atoms with Crippen molar-refractivity contribution in [3.05, 3.63) is 0 Å². The third-order valence-corrected chi connectivity index (χ3v) is 5.81. The summed E-state index contributed by atoms with van der Waals surface area (Å²) in [5.74, 6) is 0. The van der Waals surface area contributed by atoms with Crippen LogP contribution >= 0.6 is 0 Å². The van der Waals surface area contributed by atoms with Gasteiger partial charge in [-0.3, -0.25) is 0 Å². The molecule has 7 nitrogen and oxygen atoms in total. The molecule has 0 radical (unpaired) electrons. The van der Waals surface area contributed by atoms with Crippen molar-refractivity contribution in [3.63, 3.8) is 0 Å². The van der Waals surface area contributed by atoms with Gasteiger partial charge in [-0.15, -0.1) is 0 Å². The number of aliphatic hydroxyl groups excluding tert-OH is 1. The SMILES string of the molecule is CC(N)COCC(C)OCCOCC(C)NCC(O)COCCC[Si](C)(C)C. The molecule has 0 bridgehead atoms. The van der Waals surface area contributed by atoms with Crippen LogP contribution in [0.4, 0.5) is 0 Å². The second-order valence-corrected chi connectivity index (χ2v) is 14.6. The average molecular weight is 423 g/mol. The number of hydrogen-bond acceptors (Lipinski definition) is 7. The van der Waals surface area contributed by atoms with Crippen LogP contribution in [-0.4, -0.2) is 90.3 Å². The predicted molar refractivity (Wildman–Crippen MR) is 118 cm³/mol. The zero-order valence-corrected chi connectivity index (χ0v) is 20.0. The van der Waals surface area contributed by atoms with Gasteiger partial charge >= 0.3 is 0 Å². The van der Waals surface area contributed by atoms with Crippen molar-refractivity contribution in [3.8, 4) is 0 Å². The zero-order chi connectivity index (χ0) is 21.4. The Hall–Kier alpha value is -0.0631. The molecule has 28 heavy (non-hydrogen) atoms. The molecule has 0 aromatic rings. The molecule has 0 amide bonds. The van der Waals surface area contributed by atoms with Crippen LogP contribution in [0.25, 0.3) is 0 Å². The lowest BCUT2D eigenvalue weighted by molar-refractivity contribution is -0.0331. The molecule has 0 aliphatic heterocycles. The van der Waals surface area contributed by atoms with Gasteiger partial charge in [0.1, 0.15) is 0 Å². The van der Waals surface area contributed by atoms with E-state index >= 15 is 0 Å². The fourth-order valence-electron chi connectivity index (χ4n) is 2.42. The smallest absolute Gasteiger partial charge is 0.0897 e. The van der Waals surface area contributed by atoms with Gasteiger partial charge < -0.3 is 35.1 Å². The molecule has 4 N–H and O–H groups in total. The van der Waals surface area contributed by atoms with Gasteiger partial charge in [0.15, 0.2) is 0 Å². The third kappa shape index (κ3) is 20.7. The van der Waals surface area contributed by atoms with E-state index in [0.29, 0.717) is 46.2 Å². The van der Waals surface area contributed by atoms with Crippen molar-refractivity contribution in [2.75, 3.05) is 52.8 Å². The van der Waals surface area contributed by atoms with Gasteiger partial charge in [-0.25, -0.2) is 0 Å². The monoisotopic (exact) mass is 422 g/mol. The fourth-order valence-corrected chi connectivity index (χ4v) is 3.62. The van der Waals surface area contributed by atoms with Crippen molar-refractivity contribution in [2.24, 2.45) is 5.73 Å². The molecule has 0 rings (SSSR count). The van der Waals surface area contributed by atoms with Crippen LogP contribution in [0.5, 0.6) is 0 Å². The number of ether oxygens (including phenoxy) is 4. The van der Waals surface area contributed by atoms with Crippen LogP contribution in [0, 0.1) is 0 Å². The standard InChI is InChI=1S/C20H46N2O5Si/c1-17(21)13-26-15-19(3)27-10-9-25-14-18(2)22-12-20(23)16-24-8-7-11-28(4,5)6/h17-20,22-23H,7-16,21H2,1-6H3. The minimum absolute atomic E-state index is 0.0267. The van der Waals surface area contributed by atoms with Gasteiger partial charge in [-0.1, -0.05) is 25.7 Å². The molecule has 0 fully saturated rings. The van der Waals surface area contributed by atoms with Crippen molar-refractivity contribution in [2.45, 2.75) is 77.2 Å². The molecule has 0 heterocycles. The summed E-state index contributed by atoms with van der Waals surface area (Å²) in [6.45, 7) is 17.3. The molecule has 0 aromatic carbocycles. The fraction of sp³-hybridized carbons (Fsp3) is 1.00. The van der Waals surface area contributed by atoms with E-state index in [1.165, 1.54) is 6.04 Å². The first kappa shape index (κ1) is 27.9. The Balaban J connectivity index is 3.50. The summed E-state index contributed by atoms with van der Waals surface area (Å²) in [5.41, 5.74) is 5.63. The Morgan fingerprint density at radius 3 is 2.21 bits per heavy atom. The van der Waals surface area contributed by atoms with Gasteiger partial charge in [0, 0.05) is 33.3 Å². The van der Waals surface area contributed by atoms with Crippen LogP contribution in [-0.2, 0) is 18.9 Å². The van der Waals surface area contributed by atoms with Gasteiger partial charge in [0.25, 0.3) is 0 Å². The molecule has 170 valence electrons. The van der Waals surface area contributed by atoms with Gasteiger partial charge in [0.05, 0.1) is 51.8 Å². The minimum Gasteiger partial charge on any atom is -0.389 e. The Morgan fingerprint density at radius 2 is 1.57 bits per heavy atom. The highest BCUT2D eigenvalue weighted by Gasteiger charge is 2.12. The molecule has 0 aliphatic rings. The number of rotatable bonds is 19. The molecule has 4 atom stereocenters. The lowest BCUT2D eigenvalue weighted by Gasteiger charge is -2.19. The van der Waals surface area contributed by atoms with Crippen molar-refractivity contribution >= 4 is 8.07 Å². The molecular weight excluding hydrogens is 376 g/mol. The number of nitrogens with two attached hydrogens (primary N) is 1. The first-order chi connectivity index (χ1) is 13.1. The van der Waals surface area contributed by atoms with E-state index < -0.39 is 14.2 Å². The summed E-state index contributed by atoms with van der Waals surface area (Å²) in [5, 5.41) is 13.2. The molecule has 0 spiro atoms. The highest BCUT2D eigenvalue weighted by molar-refractivity contribution is 6.76. The molecule has 0 saturated carbocycles. The molecule has 8 heteroatoms. The third-order valence-electron chi connectivity index (χ3n) is 3.96. The van der Waals surface area contributed by atoms with E-state index in [1.54, 1.807) is 0 Å². The maximum atomic E-state index is 9.97. The molecule has 4 unspecified atom stereocenters. The maximum Gasteiger partial charge on any atom is 0.0897 e. The summed E-state index contributed by atoms with van der Waals surface area (Å²) >= 11 is 0. The Labute approximate surface area is 173 Å². The second kappa shape index (κ2) is 16.7. The Kier molecular flexibility index (Phi) is 16.7. The summed E-state index contributed by atoms with van der Waals surface area (Å²) in [7, 11) is -0.989. The van der Waals surface area contributed by atoms with E-state index in [1.807, 2.05) is 20.8 Å². The number of aliphatic hydroxyl groups is 1. The lowest BCUT2D eigenvalue weighted by Crippen LogP contribution is -2.38. The van der Waals surface area contributed by atoms with Crippen molar-refractivity contribution < 1.29 is 24.1 Å². The highest BCUT2D eigenvalue weighted by atomic mass is 28.3. The Bertz CT molecular complexity index is 356. The summed E-state index contributed by atoms with van der Waals surface area (Å²) < 4.78 is 22.2. The second-order valence-electron chi connectivity index (χ2n) is 8.97. The number of hydrogen-bond donors (Lipinski definition) is 3. The van der Waals surface area contributed by atoms with E-state index in [2.05, 4.69) is 25.0 Å². The van der Waals surface area contributed by atoms with Crippen molar-refractivity contribution in [1.82, 2.24) is 5.32 Å². The van der Waals surface area contributed by atoms with E-state index in [0.717, 1.165) is 13.0 Å². The molecular formula is C20H46N2O5Si. The summed E-state index contributed by atoms with van der Waals surface area (Å²) in [6, 6.07) is 1.47. The van der Waals surface area contributed by atoms with Crippen LogP contribution in [0.15, 0.2) is 0 Å². The lowest BCUT2D eigenvalue weighted by atomic mass is 10.3. The quantitative estimate of drug-likeness (QED) is 0.216. The van der Waals surface area contributed by atoms with Crippen molar-refractivity contribution in [1.29, 1.82) is 0 Å². The van der Waals surface area contributed by atoms with Crippen LogP contribution in [0.1, 0.15) is 27.2 Å². The van der Waals surface area contributed by atoms with E-state index in [4.69, 9.17) is 24.7 Å². The normalized spacial score (nSPS) is 16.7.